The van der Waals surface area contributed by atoms with Gasteiger partial charge in [0.25, 0.3) is 0 Å². The van der Waals surface area contributed by atoms with E-state index in [2.05, 4.69) is 57.4 Å². The standard InChI is InChI=1S/C14H15BrN4S/c1-9(11-6-7-12(15)20-11)16-10(2)14-18-17-13-5-3-4-8-19(13)14/h3-10,16H,1-2H3. The van der Waals surface area contributed by atoms with Crippen LogP contribution < -0.4 is 5.32 Å². The van der Waals surface area contributed by atoms with Gasteiger partial charge in [-0.2, -0.15) is 0 Å². The first-order valence-corrected chi connectivity index (χ1v) is 8.07. The predicted octanol–water partition coefficient (Wildman–Crippen LogP) is 3.97. The van der Waals surface area contributed by atoms with Gasteiger partial charge in [-0.3, -0.25) is 4.40 Å². The van der Waals surface area contributed by atoms with Gasteiger partial charge >= 0.3 is 0 Å². The summed E-state index contributed by atoms with van der Waals surface area (Å²) in [5, 5.41) is 12.1. The van der Waals surface area contributed by atoms with Crippen molar-refractivity contribution in [3.63, 3.8) is 0 Å². The van der Waals surface area contributed by atoms with Crippen LogP contribution in [0.5, 0.6) is 0 Å². The summed E-state index contributed by atoms with van der Waals surface area (Å²) in [5.41, 5.74) is 0.877. The molecule has 0 aliphatic heterocycles. The Morgan fingerprint density at radius 1 is 1.15 bits per heavy atom. The summed E-state index contributed by atoms with van der Waals surface area (Å²) in [6, 6.07) is 10.5. The van der Waals surface area contributed by atoms with Crippen LogP contribution in [-0.2, 0) is 0 Å². The first kappa shape index (κ1) is 13.7. The largest absolute Gasteiger partial charge is 0.300 e. The van der Waals surface area contributed by atoms with Crippen LogP contribution in [0.3, 0.4) is 0 Å². The Morgan fingerprint density at radius 3 is 2.75 bits per heavy atom. The molecule has 2 unspecified atom stereocenters. The predicted molar refractivity (Wildman–Crippen MR) is 85.0 cm³/mol. The molecular weight excluding hydrogens is 336 g/mol. The molecule has 0 aliphatic rings. The molecule has 104 valence electrons. The minimum atomic E-state index is 0.128. The molecule has 3 heterocycles. The Balaban J connectivity index is 1.80. The van der Waals surface area contributed by atoms with Gasteiger partial charge < -0.3 is 5.32 Å². The number of aromatic nitrogens is 3. The van der Waals surface area contributed by atoms with Crippen LogP contribution in [0.1, 0.15) is 36.6 Å². The lowest BCUT2D eigenvalue weighted by Crippen LogP contribution is -2.23. The molecule has 20 heavy (non-hydrogen) atoms. The zero-order chi connectivity index (χ0) is 14.1. The van der Waals surface area contributed by atoms with Gasteiger partial charge in [-0.25, -0.2) is 0 Å². The Bertz CT molecular complexity index is 721. The zero-order valence-electron chi connectivity index (χ0n) is 11.2. The molecule has 6 heteroatoms. The van der Waals surface area contributed by atoms with E-state index < -0.39 is 0 Å². The second kappa shape index (κ2) is 5.63. The Morgan fingerprint density at radius 2 is 2.00 bits per heavy atom. The lowest BCUT2D eigenvalue weighted by Gasteiger charge is -2.17. The fourth-order valence-corrected chi connectivity index (χ4v) is 3.68. The highest BCUT2D eigenvalue weighted by Gasteiger charge is 2.17. The quantitative estimate of drug-likeness (QED) is 0.774. The van der Waals surface area contributed by atoms with Crippen molar-refractivity contribution >= 4 is 32.9 Å². The van der Waals surface area contributed by atoms with Gasteiger partial charge in [0, 0.05) is 17.1 Å². The van der Waals surface area contributed by atoms with E-state index in [0.29, 0.717) is 0 Å². The van der Waals surface area contributed by atoms with E-state index in [1.165, 1.54) is 4.88 Å². The molecule has 0 aliphatic carbocycles. The molecule has 0 spiro atoms. The third kappa shape index (κ3) is 2.63. The van der Waals surface area contributed by atoms with Crippen molar-refractivity contribution < 1.29 is 0 Å². The molecule has 0 amide bonds. The van der Waals surface area contributed by atoms with Crippen molar-refractivity contribution in [2.45, 2.75) is 25.9 Å². The van der Waals surface area contributed by atoms with E-state index >= 15 is 0 Å². The number of nitrogens with one attached hydrogen (secondary N) is 1. The summed E-state index contributed by atoms with van der Waals surface area (Å²) in [5.74, 6) is 0.933. The van der Waals surface area contributed by atoms with Gasteiger partial charge in [0.2, 0.25) is 0 Å². The Hall–Kier alpha value is -1.24. The van der Waals surface area contributed by atoms with Gasteiger partial charge in [-0.05, 0) is 54.0 Å². The van der Waals surface area contributed by atoms with Crippen molar-refractivity contribution in [2.75, 3.05) is 0 Å². The van der Waals surface area contributed by atoms with E-state index in [-0.39, 0.29) is 12.1 Å². The summed E-state index contributed by atoms with van der Waals surface area (Å²) in [4.78, 5) is 1.30. The van der Waals surface area contributed by atoms with Gasteiger partial charge in [-0.1, -0.05) is 6.07 Å². The Kier molecular flexibility index (Phi) is 3.87. The van der Waals surface area contributed by atoms with Crippen LogP contribution in [-0.4, -0.2) is 14.6 Å². The molecular formula is C14H15BrN4S. The lowest BCUT2D eigenvalue weighted by molar-refractivity contribution is 0.478. The highest BCUT2D eigenvalue weighted by atomic mass is 79.9. The van der Waals surface area contributed by atoms with E-state index in [0.717, 1.165) is 15.3 Å². The minimum Gasteiger partial charge on any atom is -0.300 e. The summed E-state index contributed by atoms with van der Waals surface area (Å²) in [6.45, 7) is 4.28. The third-order valence-electron chi connectivity index (χ3n) is 3.25. The number of thiophene rings is 1. The van der Waals surface area contributed by atoms with Crippen LogP contribution >= 0.6 is 27.3 Å². The molecule has 0 fully saturated rings. The van der Waals surface area contributed by atoms with Crippen molar-refractivity contribution in [1.82, 2.24) is 19.9 Å². The molecule has 3 aromatic rings. The normalized spacial score (nSPS) is 14.6. The molecule has 3 aromatic heterocycles. The average Bonchev–Trinajstić information content (AvgIpc) is 3.04. The molecule has 3 rings (SSSR count). The fourth-order valence-electron chi connectivity index (χ4n) is 2.25. The molecule has 0 saturated heterocycles. The smallest absolute Gasteiger partial charge is 0.160 e. The Labute approximate surface area is 130 Å². The van der Waals surface area contributed by atoms with Crippen LogP contribution in [0.15, 0.2) is 40.3 Å². The highest BCUT2D eigenvalue weighted by molar-refractivity contribution is 9.11. The number of nitrogens with zero attached hydrogens (tertiary/aromatic N) is 3. The monoisotopic (exact) mass is 350 g/mol. The van der Waals surface area contributed by atoms with E-state index in [4.69, 9.17) is 0 Å². The van der Waals surface area contributed by atoms with Gasteiger partial charge in [0.15, 0.2) is 11.5 Å². The molecule has 2 atom stereocenters. The summed E-state index contributed by atoms with van der Waals surface area (Å²) >= 11 is 5.25. The molecule has 0 saturated carbocycles. The lowest BCUT2D eigenvalue weighted by atomic mass is 10.2. The summed E-state index contributed by atoms with van der Waals surface area (Å²) in [7, 11) is 0. The van der Waals surface area contributed by atoms with Gasteiger partial charge in [0.1, 0.15) is 0 Å². The van der Waals surface area contributed by atoms with Crippen molar-refractivity contribution in [2.24, 2.45) is 0 Å². The number of rotatable bonds is 4. The first-order valence-electron chi connectivity index (χ1n) is 6.46. The van der Waals surface area contributed by atoms with Crippen LogP contribution in [0.4, 0.5) is 0 Å². The summed E-state index contributed by atoms with van der Waals surface area (Å²) in [6.07, 6.45) is 2.00. The number of hydrogen-bond donors (Lipinski definition) is 1. The first-order chi connectivity index (χ1) is 9.65. The van der Waals surface area contributed by atoms with E-state index in [1.54, 1.807) is 11.3 Å². The molecule has 0 radical (unpaired) electrons. The van der Waals surface area contributed by atoms with Crippen LogP contribution in [0.2, 0.25) is 0 Å². The van der Waals surface area contributed by atoms with Gasteiger partial charge in [-0.15, -0.1) is 21.5 Å². The maximum absolute atomic E-state index is 4.29. The second-order valence-electron chi connectivity index (χ2n) is 4.74. The van der Waals surface area contributed by atoms with Crippen molar-refractivity contribution in [1.29, 1.82) is 0 Å². The third-order valence-corrected chi connectivity index (χ3v) is 5.05. The van der Waals surface area contributed by atoms with Crippen molar-refractivity contribution in [3.05, 3.63) is 51.0 Å². The fraction of sp³-hybridized carbons (Fsp3) is 0.286. The SMILES string of the molecule is CC(NC(C)c1nnc2ccccn12)c1ccc(Br)s1. The number of hydrogen-bond acceptors (Lipinski definition) is 4. The number of halogens is 1. The highest BCUT2D eigenvalue weighted by Crippen LogP contribution is 2.28. The average molecular weight is 351 g/mol. The molecule has 0 bridgehead atoms. The van der Waals surface area contributed by atoms with Crippen LogP contribution in [0.25, 0.3) is 5.65 Å². The minimum absolute atomic E-state index is 0.128. The summed E-state index contributed by atoms with van der Waals surface area (Å²) < 4.78 is 3.18. The molecule has 4 nitrogen and oxygen atoms in total. The molecule has 0 aromatic carbocycles. The van der Waals surface area contributed by atoms with Gasteiger partial charge in [0.05, 0.1) is 9.83 Å². The number of fused-ring (bicyclic) bond motifs is 1. The number of pyridine rings is 1. The van der Waals surface area contributed by atoms with Crippen LogP contribution in [0, 0.1) is 0 Å². The molecule has 1 N–H and O–H groups in total. The maximum Gasteiger partial charge on any atom is 0.160 e. The van der Waals surface area contributed by atoms with Crippen molar-refractivity contribution in [3.8, 4) is 0 Å². The maximum atomic E-state index is 4.29. The topological polar surface area (TPSA) is 42.2 Å². The zero-order valence-corrected chi connectivity index (χ0v) is 13.6. The van der Waals surface area contributed by atoms with E-state index in [9.17, 15) is 0 Å². The van der Waals surface area contributed by atoms with E-state index in [1.807, 2.05) is 28.8 Å². The second-order valence-corrected chi connectivity index (χ2v) is 7.23.